The summed E-state index contributed by atoms with van der Waals surface area (Å²) in [4.78, 5) is 44.6. The lowest BCUT2D eigenvalue weighted by atomic mass is 9.64. The normalized spacial score (nSPS) is 31.8. The Hall–Kier alpha value is -2.77. The Morgan fingerprint density at radius 2 is 1.32 bits per heavy atom. The molecule has 5 aliphatic rings. The van der Waals surface area contributed by atoms with E-state index in [1.54, 1.807) is 26.8 Å². The van der Waals surface area contributed by atoms with Crippen molar-refractivity contribution in [3.05, 3.63) is 18.2 Å². The monoisotopic (exact) mass is 385 g/mol. The van der Waals surface area contributed by atoms with E-state index in [9.17, 15) is 14.4 Å². The van der Waals surface area contributed by atoms with Gasteiger partial charge in [-0.05, 0) is 26.0 Å². The number of ketones is 1. The number of benzene rings is 1. The lowest BCUT2D eigenvalue weighted by molar-refractivity contribution is -0.166. The first-order valence-electron chi connectivity index (χ1n) is 9.53. The quantitative estimate of drug-likeness (QED) is 0.701. The molecular formula is C20H23N3O5. The number of hydrogen-bond donors (Lipinski definition) is 0. The Labute approximate surface area is 163 Å². The van der Waals surface area contributed by atoms with Gasteiger partial charge in [0.2, 0.25) is 18.6 Å². The van der Waals surface area contributed by atoms with Crippen LogP contribution in [0.5, 0.6) is 11.5 Å². The number of piperidine rings is 2. The molecule has 0 saturated carbocycles. The van der Waals surface area contributed by atoms with Crippen molar-refractivity contribution in [3.8, 4) is 11.5 Å². The van der Waals surface area contributed by atoms with Crippen LogP contribution in [0, 0.1) is 10.8 Å². The van der Waals surface area contributed by atoms with Gasteiger partial charge in [-0.3, -0.25) is 14.4 Å². The Bertz CT molecular complexity index is 844. The van der Waals surface area contributed by atoms with Gasteiger partial charge in [-0.15, -0.1) is 0 Å². The highest BCUT2D eigenvalue weighted by Gasteiger charge is 2.57. The molecule has 0 radical (unpaired) electrons. The van der Waals surface area contributed by atoms with E-state index in [4.69, 9.17) is 9.47 Å². The molecule has 0 N–H and O–H groups in total. The zero-order valence-electron chi connectivity index (χ0n) is 16.1. The van der Waals surface area contributed by atoms with Crippen molar-refractivity contribution in [2.45, 2.75) is 13.8 Å². The number of carbonyl (C=O) groups is 3. The van der Waals surface area contributed by atoms with Gasteiger partial charge < -0.3 is 24.2 Å². The van der Waals surface area contributed by atoms with Crippen molar-refractivity contribution < 1.29 is 23.9 Å². The molecule has 28 heavy (non-hydrogen) atoms. The summed E-state index contributed by atoms with van der Waals surface area (Å²) in [5.74, 6) is 1.31. The summed E-state index contributed by atoms with van der Waals surface area (Å²) in [5, 5.41) is 0. The molecule has 0 spiro atoms. The Morgan fingerprint density at radius 3 is 1.89 bits per heavy atom. The number of rotatable bonds is 1. The van der Waals surface area contributed by atoms with E-state index in [0.29, 0.717) is 37.7 Å². The molecule has 0 aliphatic carbocycles. The smallest absolute Gasteiger partial charge is 0.242 e. The molecule has 5 aliphatic heterocycles. The first kappa shape index (κ1) is 17.3. The van der Waals surface area contributed by atoms with Crippen LogP contribution in [0.4, 0.5) is 5.69 Å². The summed E-state index contributed by atoms with van der Waals surface area (Å²) in [5.41, 5.74) is -0.653. The van der Waals surface area contributed by atoms with Gasteiger partial charge in [-0.25, -0.2) is 0 Å². The molecule has 4 bridgehead atoms. The maximum Gasteiger partial charge on any atom is 0.242 e. The topological polar surface area (TPSA) is 79.4 Å². The van der Waals surface area contributed by atoms with Crippen LogP contribution in [0.1, 0.15) is 13.8 Å². The van der Waals surface area contributed by atoms with Gasteiger partial charge in [0.15, 0.2) is 17.3 Å². The van der Waals surface area contributed by atoms with Gasteiger partial charge >= 0.3 is 0 Å². The Morgan fingerprint density at radius 1 is 0.786 bits per heavy atom. The molecule has 0 unspecified atom stereocenters. The predicted octanol–water partition coefficient (Wildman–Crippen LogP) is 0.501. The maximum absolute atomic E-state index is 13.1. The molecule has 6 rings (SSSR count). The molecule has 8 heteroatoms. The highest BCUT2D eigenvalue weighted by atomic mass is 16.7. The highest BCUT2D eigenvalue weighted by Crippen LogP contribution is 2.43. The van der Waals surface area contributed by atoms with Crippen LogP contribution >= 0.6 is 0 Å². The van der Waals surface area contributed by atoms with Crippen molar-refractivity contribution in [3.63, 3.8) is 0 Å². The number of Topliss-reactive ketones (excluding diaryl/α,β-unsaturated/α-hetero) is 1. The summed E-state index contributed by atoms with van der Waals surface area (Å²) in [7, 11) is 0. The summed E-state index contributed by atoms with van der Waals surface area (Å²) in [6.07, 6.45) is 0. The van der Waals surface area contributed by atoms with Crippen molar-refractivity contribution in [1.29, 1.82) is 0 Å². The minimum Gasteiger partial charge on any atom is -0.454 e. The van der Waals surface area contributed by atoms with Gasteiger partial charge in [0.1, 0.15) is 0 Å². The second-order valence-electron chi connectivity index (χ2n) is 8.84. The molecule has 1 aromatic rings. The molecular weight excluding hydrogens is 362 g/mol. The Balaban J connectivity index is 1.51. The minimum absolute atomic E-state index is 0.0641. The summed E-state index contributed by atoms with van der Waals surface area (Å²) < 4.78 is 10.8. The molecule has 8 nitrogen and oxygen atoms in total. The summed E-state index contributed by atoms with van der Waals surface area (Å²) >= 11 is 0. The van der Waals surface area contributed by atoms with Gasteiger partial charge in [0.25, 0.3) is 0 Å². The van der Waals surface area contributed by atoms with Crippen LogP contribution in [0.2, 0.25) is 0 Å². The highest BCUT2D eigenvalue weighted by molar-refractivity contribution is 5.97. The lowest BCUT2D eigenvalue weighted by Gasteiger charge is -2.56. The number of nitrogens with zero attached hydrogens (tertiary/aromatic N) is 3. The second kappa shape index (κ2) is 5.62. The predicted molar refractivity (Wildman–Crippen MR) is 99.2 cm³/mol. The van der Waals surface area contributed by atoms with E-state index >= 15 is 0 Å². The number of anilines is 1. The van der Waals surface area contributed by atoms with Crippen molar-refractivity contribution in [2.75, 3.05) is 51.0 Å². The summed E-state index contributed by atoms with van der Waals surface area (Å²) in [6, 6.07) is 5.44. The first-order chi connectivity index (χ1) is 13.3. The van der Waals surface area contributed by atoms with E-state index in [1.807, 2.05) is 19.9 Å². The average molecular weight is 385 g/mol. The van der Waals surface area contributed by atoms with Gasteiger partial charge in [0, 0.05) is 37.9 Å². The molecule has 0 aromatic heterocycles. The van der Waals surface area contributed by atoms with Crippen molar-refractivity contribution in [2.24, 2.45) is 10.8 Å². The number of hydrogen-bond acceptors (Lipinski definition) is 6. The standard InChI is InChI=1S/C20H23N3O5/c1-19-8-22-10-20(2,18(19)26)11-23(9-19)17(25)7-21(6-16(22)24)13-3-4-14-15(5-13)28-12-27-14/h3-5H,6-12H2,1-2H3. The Kier molecular flexibility index (Phi) is 3.48. The summed E-state index contributed by atoms with van der Waals surface area (Å²) in [6.45, 7) is 5.53. The van der Waals surface area contributed by atoms with Crippen molar-refractivity contribution in [1.82, 2.24) is 9.80 Å². The third kappa shape index (κ3) is 2.47. The number of amides is 2. The van der Waals surface area contributed by atoms with E-state index in [1.165, 1.54) is 0 Å². The third-order valence-corrected chi connectivity index (χ3v) is 6.33. The maximum atomic E-state index is 13.1. The number of ether oxygens (including phenoxy) is 2. The van der Waals surface area contributed by atoms with Gasteiger partial charge in [-0.1, -0.05) is 0 Å². The fourth-order valence-electron chi connectivity index (χ4n) is 5.11. The van der Waals surface area contributed by atoms with Crippen LogP contribution in [0.15, 0.2) is 18.2 Å². The largest absolute Gasteiger partial charge is 0.454 e. The molecule has 5 heterocycles. The second-order valence-corrected chi connectivity index (χ2v) is 8.84. The van der Waals surface area contributed by atoms with Crippen LogP contribution in [0.3, 0.4) is 0 Å². The first-order valence-corrected chi connectivity index (χ1v) is 9.53. The van der Waals surface area contributed by atoms with E-state index < -0.39 is 10.8 Å². The number of fused-ring (bicyclic) bond motifs is 5. The fraction of sp³-hybridized carbons (Fsp3) is 0.550. The molecule has 4 fully saturated rings. The molecule has 4 saturated heterocycles. The third-order valence-electron chi connectivity index (χ3n) is 6.33. The van der Waals surface area contributed by atoms with Crippen LogP contribution in [0.25, 0.3) is 0 Å². The average Bonchev–Trinajstić information content (AvgIpc) is 3.10. The molecule has 0 atom stereocenters. The van der Waals surface area contributed by atoms with Crippen LogP contribution in [-0.4, -0.2) is 73.5 Å². The van der Waals surface area contributed by atoms with Gasteiger partial charge in [0.05, 0.1) is 23.9 Å². The molecule has 2 amide bonds. The fourth-order valence-corrected chi connectivity index (χ4v) is 5.11. The van der Waals surface area contributed by atoms with E-state index in [-0.39, 0.29) is 37.5 Å². The zero-order chi connectivity index (χ0) is 19.7. The minimum atomic E-state index is -0.697. The van der Waals surface area contributed by atoms with E-state index in [2.05, 4.69) is 0 Å². The SMILES string of the molecule is CC12CN3CC(C)(CN(C1)C(=O)CN(c1ccc4c(c1)OCO4)CC3=O)C2=O. The van der Waals surface area contributed by atoms with Crippen LogP contribution in [-0.2, 0) is 14.4 Å². The zero-order valence-corrected chi connectivity index (χ0v) is 16.1. The van der Waals surface area contributed by atoms with E-state index in [0.717, 1.165) is 5.69 Å². The molecule has 148 valence electrons. The van der Waals surface area contributed by atoms with Crippen molar-refractivity contribution >= 4 is 23.3 Å². The lowest BCUT2D eigenvalue weighted by Crippen LogP contribution is -2.71. The van der Waals surface area contributed by atoms with Crippen LogP contribution < -0.4 is 14.4 Å². The molecule has 1 aromatic carbocycles. The van der Waals surface area contributed by atoms with Gasteiger partial charge in [-0.2, -0.15) is 0 Å². The number of carbonyl (C=O) groups excluding carboxylic acids is 3.